The number of hydrogen-bond acceptors (Lipinski definition) is 5. The van der Waals surface area contributed by atoms with E-state index >= 15 is 0 Å². The molecule has 1 aliphatic heterocycles. The van der Waals surface area contributed by atoms with Gasteiger partial charge in [0.25, 0.3) is 5.89 Å². The highest BCUT2D eigenvalue weighted by atomic mass is 16.5. The molecule has 2 heterocycles. The van der Waals surface area contributed by atoms with Crippen LogP contribution < -0.4 is 5.32 Å². The molecule has 3 rings (SSSR count). The summed E-state index contributed by atoms with van der Waals surface area (Å²) in [5, 5.41) is 7.29. The normalized spacial score (nSPS) is 18.7. The summed E-state index contributed by atoms with van der Waals surface area (Å²) in [7, 11) is 0. The maximum absolute atomic E-state index is 5.38. The third kappa shape index (κ3) is 2.76. The van der Waals surface area contributed by atoms with Crippen molar-refractivity contribution in [2.24, 2.45) is 5.92 Å². The molecule has 0 radical (unpaired) electrons. The summed E-state index contributed by atoms with van der Waals surface area (Å²) in [6, 6.07) is 7.99. The van der Waals surface area contributed by atoms with Crippen molar-refractivity contribution in [1.82, 2.24) is 10.1 Å². The molecule has 0 aliphatic carbocycles. The Morgan fingerprint density at radius 2 is 2.26 bits per heavy atom. The van der Waals surface area contributed by atoms with Gasteiger partial charge in [-0.1, -0.05) is 17.3 Å². The molecule has 1 aromatic carbocycles. The minimum Gasteiger partial charge on any atom is -0.384 e. The third-order valence-corrected chi connectivity index (χ3v) is 3.29. The van der Waals surface area contributed by atoms with Crippen LogP contribution in [0.2, 0.25) is 0 Å². The Bertz CT molecular complexity index is 547. The van der Waals surface area contributed by atoms with Crippen LogP contribution in [0.1, 0.15) is 12.2 Å². The van der Waals surface area contributed by atoms with E-state index in [2.05, 4.69) is 15.5 Å². The van der Waals surface area contributed by atoms with Gasteiger partial charge in [0.15, 0.2) is 5.82 Å². The summed E-state index contributed by atoms with van der Waals surface area (Å²) in [5.74, 6) is 1.79. The molecule has 0 saturated carbocycles. The topological polar surface area (TPSA) is 60.2 Å². The first-order valence-electron chi connectivity index (χ1n) is 6.54. The Balaban J connectivity index is 1.77. The van der Waals surface area contributed by atoms with E-state index in [1.807, 2.05) is 31.2 Å². The SMILES string of the molecule is Cc1noc(-c2ccccc2NCC2CCOC2)n1. The van der Waals surface area contributed by atoms with Crippen molar-refractivity contribution in [3.8, 4) is 11.5 Å². The summed E-state index contributed by atoms with van der Waals surface area (Å²) in [5.41, 5.74) is 1.97. The van der Waals surface area contributed by atoms with Crippen LogP contribution >= 0.6 is 0 Å². The summed E-state index contributed by atoms with van der Waals surface area (Å²) in [6.45, 7) is 4.44. The summed E-state index contributed by atoms with van der Waals surface area (Å²) in [4.78, 5) is 4.28. The molecule has 1 aliphatic rings. The number of aryl methyl sites for hydroxylation is 1. The molecule has 1 saturated heterocycles. The lowest BCUT2D eigenvalue weighted by atomic mass is 10.1. The highest BCUT2D eigenvalue weighted by molar-refractivity contribution is 5.72. The van der Waals surface area contributed by atoms with E-state index in [1.54, 1.807) is 0 Å². The van der Waals surface area contributed by atoms with Crippen molar-refractivity contribution in [2.75, 3.05) is 25.1 Å². The molecule has 5 heteroatoms. The minimum absolute atomic E-state index is 0.559. The number of para-hydroxylation sites is 1. The molecule has 1 unspecified atom stereocenters. The second-order valence-corrected chi connectivity index (χ2v) is 4.80. The minimum atomic E-state index is 0.559. The first kappa shape index (κ1) is 12.2. The number of anilines is 1. The second-order valence-electron chi connectivity index (χ2n) is 4.80. The van der Waals surface area contributed by atoms with Gasteiger partial charge in [0, 0.05) is 24.8 Å². The van der Waals surface area contributed by atoms with Crippen LogP contribution in [-0.4, -0.2) is 29.9 Å². The number of rotatable bonds is 4. The lowest BCUT2D eigenvalue weighted by molar-refractivity contribution is 0.187. The summed E-state index contributed by atoms with van der Waals surface area (Å²) < 4.78 is 10.6. The quantitative estimate of drug-likeness (QED) is 0.914. The molecule has 1 aromatic heterocycles. The van der Waals surface area contributed by atoms with E-state index in [4.69, 9.17) is 9.26 Å². The molecule has 1 N–H and O–H groups in total. The van der Waals surface area contributed by atoms with Gasteiger partial charge in [-0.3, -0.25) is 0 Å². The fourth-order valence-electron chi connectivity index (χ4n) is 2.23. The van der Waals surface area contributed by atoms with Gasteiger partial charge in [-0.25, -0.2) is 0 Å². The third-order valence-electron chi connectivity index (χ3n) is 3.29. The van der Waals surface area contributed by atoms with Crippen LogP contribution in [0.4, 0.5) is 5.69 Å². The van der Waals surface area contributed by atoms with Crippen LogP contribution in [-0.2, 0) is 4.74 Å². The number of benzene rings is 1. The van der Waals surface area contributed by atoms with Crippen LogP contribution in [0.3, 0.4) is 0 Å². The maximum atomic E-state index is 5.38. The zero-order chi connectivity index (χ0) is 13.1. The zero-order valence-corrected chi connectivity index (χ0v) is 10.9. The number of hydrogen-bond donors (Lipinski definition) is 1. The van der Waals surface area contributed by atoms with E-state index in [9.17, 15) is 0 Å². The van der Waals surface area contributed by atoms with Gasteiger partial charge in [-0.15, -0.1) is 0 Å². The highest BCUT2D eigenvalue weighted by Crippen LogP contribution is 2.27. The van der Waals surface area contributed by atoms with E-state index in [0.29, 0.717) is 17.6 Å². The van der Waals surface area contributed by atoms with E-state index < -0.39 is 0 Å². The van der Waals surface area contributed by atoms with Crippen molar-refractivity contribution in [3.63, 3.8) is 0 Å². The molecular formula is C14H17N3O2. The van der Waals surface area contributed by atoms with Gasteiger partial charge >= 0.3 is 0 Å². The van der Waals surface area contributed by atoms with Gasteiger partial charge in [0.05, 0.1) is 12.2 Å². The molecule has 19 heavy (non-hydrogen) atoms. The fraction of sp³-hybridized carbons (Fsp3) is 0.429. The molecule has 100 valence electrons. The predicted octanol–water partition coefficient (Wildman–Crippen LogP) is 2.49. The molecule has 0 amide bonds. The smallest absolute Gasteiger partial charge is 0.260 e. The van der Waals surface area contributed by atoms with Crippen molar-refractivity contribution in [2.45, 2.75) is 13.3 Å². The van der Waals surface area contributed by atoms with Gasteiger partial charge in [-0.05, 0) is 25.5 Å². The van der Waals surface area contributed by atoms with Crippen LogP contribution in [0.15, 0.2) is 28.8 Å². The molecule has 0 spiro atoms. The zero-order valence-electron chi connectivity index (χ0n) is 10.9. The number of ether oxygens (including phenoxy) is 1. The van der Waals surface area contributed by atoms with Crippen molar-refractivity contribution >= 4 is 5.69 Å². The highest BCUT2D eigenvalue weighted by Gasteiger charge is 2.16. The molecule has 2 aromatic rings. The van der Waals surface area contributed by atoms with E-state index in [1.165, 1.54) is 0 Å². The summed E-state index contributed by atoms with van der Waals surface area (Å²) >= 11 is 0. The van der Waals surface area contributed by atoms with Gasteiger partial charge in [0.2, 0.25) is 0 Å². The average molecular weight is 259 g/mol. The summed E-state index contributed by atoms with van der Waals surface area (Å²) in [6.07, 6.45) is 1.12. The second kappa shape index (κ2) is 5.40. The average Bonchev–Trinajstić information content (AvgIpc) is 3.08. The van der Waals surface area contributed by atoms with Crippen molar-refractivity contribution < 1.29 is 9.26 Å². The predicted molar refractivity (Wildman–Crippen MR) is 71.9 cm³/mol. The van der Waals surface area contributed by atoms with Gasteiger partial charge < -0.3 is 14.6 Å². The Kier molecular flexibility index (Phi) is 3.46. The van der Waals surface area contributed by atoms with Crippen LogP contribution in [0.25, 0.3) is 11.5 Å². The Hall–Kier alpha value is -1.88. The largest absolute Gasteiger partial charge is 0.384 e. The Labute approximate surface area is 112 Å². The van der Waals surface area contributed by atoms with Crippen molar-refractivity contribution in [1.29, 1.82) is 0 Å². The molecule has 0 bridgehead atoms. The maximum Gasteiger partial charge on any atom is 0.260 e. The van der Waals surface area contributed by atoms with E-state index in [-0.39, 0.29) is 0 Å². The fourth-order valence-corrected chi connectivity index (χ4v) is 2.23. The molecule has 1 fully saturated rings. The lowest BCUT2D eigenvalue weighted by Gasteiger charge is -2.12. The monoisotopic (exact) mass is 259 g/mol. The molecular weight excluding hydrogens is 242 g/mol. The number of nitrogens with one attached hydrogen (secondary N) is 1. The Morgan fingerprint density at radius 3 is 3.00 bits per heavy atom. The van der Waals surface area contributed by atoms with Gasteiger partial charge in [-0.2, -0.15) is 4.98 Å². The van der Waals surface area contributed by atoms with Gasteiger partial charge in [0.1, 0.15) is 0 Å². The first-order valence-corrected chi connectivity index (χ1v) is 6.54. The van der Waals surface area contributed by atoms with Crippen LogP contribution in [0.5, 0.6) is 0 Å². The Morgan fingerprint density at radius 1 is 1.37 bits per heavy atom. The lowest BCUT2D eigenvalue weighted by Crippen LogP contribution is -2.14. The number of aromatic nitrogens is 2. The van der Waals surface area contributed by atoms with Crippen LogP contribution in [0, 0.1) is 12.8 Å². The number of nitrogens with zero attached hydrogens (tertiary/aromatic N) is 2. The van der Waals surface area contributed by atoms with Crippen molar-refractivity contribution in [3.05, 3.63) is 30.1 Å². The first-order chi connectivity index (χ1) is 9.33. The molecule has 1 atom stereocenters. The molecule has 5 nitrogen and oxygen atoms in total. The standard InChI is InChI=1S/C14H17N3O2/c1-10-16-14(19-17-10)12-4-2-3-5-13(12)15-8-11-6-7-18-9-11/h2-5,11,15H,6-9H2,1H3. The van der Waals surface area contributed by atoms with E-state index in [0.717, 1.165) is 37.4 Å².